The second-order valence-electron chi connectivity index (χ2n) is 8.86. The van der Waals surface area contributed by atoms with E-state index in [9.17, 15) is 14.4 Å². The van der Waals surface area contributed by atoms with E-state index in [0.29, 0.717) is 23.4 Å². The van der Waals surface area contributed by atoms with Crippen LogP contribution in [-0.2, 0) is 16.0 Å². The molecule has 1 unspecified atom stereocenters. The average Bonchev–Trinajstić information content (AvgIpc) is 3.41. The summed E-state index contributed by atoms with van der Waals surface area (Å²) in [5.41, 5.74) is 4.49. The number of hydrogen-bond acceptors (Lipinski definition) is 5. The molecule has 0 aliphatic carbocycles. The number of aromatic amines is 1. The van der Waals surface area contributed by atoms with Gasteiger partial charge < -0.3 is 14.5 Å². The first kappa shape index (κ1) is 21.9. The molecule has 0 spiro atoms. The normalized spacial score (nSPS) is 18.8. The largest absolute Gasteiger partial charge is 0.497 e. The Morgan fingerprint density at radius 3 is 2.50 bits per heavy atom. The number of carbonyl (C=O) groups is 3. The molecule has 8 nitrogen and oxygen atoms in total. The maximum Gasteiger partial charge on any atom is 0.337 e. The van der Waals surface area contributed by atoms with Crippen LogP contribution in [0.15, 0.2) is 72.8 Å². The van der Waals surface area contributed by atoms with Gasteiger partial charge in [0.25, 0.3) is 5.91 Å². The van der Waals surface area contributed by atoms with Gasteiger partial charge in [-0.3, -0.25) is 9.69 Å². The number of para-hydroxylation sites is 1. The third-order valence-corrected chi connectivity index (χ3v) is 7.01. The van der Waals surface area contributed by atoms with E-state index in [2.05, 4.69) is 4.98 Å². The molecule has 0 saturated carbocycles. The van der Waals surface area contributed by atoms with Crippen molar-refractivity contribution in [2.45, 2.75) is 18.5 Å². The fourth-order valence-electron chi connectivity index (χ4n) is 5.33. The number of fused-ring (bicyclic) bond motifs is 4. The van der Waals surface area contributed by atoms with Crippen LogP contribution in [0.1, 0.15) is 33.2 Å². The highest BCUT2D eigenvalue weighted by atomic mass is 16.5. The summed E-state index contributed by atoms with van der Waals surface area (Å²) in [6.07, 6.45) is 0.404. The van der Waals surface area contributed by atoms with Crippen LogP contribution in [0, 0.1) is 0 Å². The highest BCUT2D eigenvalue weighted by Crippen LogP contribution is 2.45. The van der Waals surface area contributed by atoms with Crippen molar-refractivity contribution >= 4 is 34.5 Å². The lowest BCUT2D eigenvalue weighted by atomic mass is 9.88. The van der Waals surface area contributed by atoms with Gasteiger partial charge in [0.05, 0.1) is 25.5 Å². The summed E-state index contributed by atoms with van der Waals surface area (Å²) in [5.74, 6) is -0.157. The molecule has 2 aliphatic rings. The van der Waals surface area contributed by atoms with E-state index in [0.717, 1.165) is 27.7 Å². The number of H-pyrrole nitrogens is 1. The predicted octanol–water partition coefficient (Wildman–Crippen LogP) is 4.45. The van der Waals surface area contributed by atoms with E-state index in [1.54, 1.807) is 60.5 Å². The van der Waals surface area contributed by atoms with Crippen LogP contribution < -0.4 is 9.64 Å². The molecular weight excluding hydrogens is 458 g/mol. The van der Waals surface area contributed by atoms with Gasteiger partial charge in [-0.1, -0.05) is 36.4 Å². The van der Waals surface area contributed by atoms with Crippen molar-refractivity contribution in [2.75, 3.05) is 19.1 Å². The molecule has 8 heteroatoms. The minimum Gasteiger partial charge on any atom is -0.497 e. The van der Waals surface area contributed by atoms with Crippen LogP contribution in [0.25, 0.3) is 10.9 Å². The molecule has 3 heterocycles. The van der Waals surface area contributed by atoms with Crippen LogP contribution in [0.5, 0.6) is 5.75 Å². The number of ether oxygens (including phenoxy) is 2. The van der Waals surface area contributed by atoms with Gasteiger partial charge in [-0.15, -0.1) is 0 Å². The maximum atomic E-state index is 13.9. The summed E-state index contributed by atoms with van der Waals surface area (Å²) in [5, 5.41) is 1.03. The SMILES string of the molecule is COC(=O)c1ccc(C2c3[nH]c4ccccc4c3C[C@@H]3C(=O)N(c4cccc(OC)c4)C(=O)N23)cc1. The molecule has 1 N–H and O–H groups in total. The molecule has 0 radical (unpaired) electrons. The molecule has 6 rings (SSSR count). The van der Waals surface area contributed by atoms with E-state index >= 15 is 0 Å². The number of anilines is 1. The molecule has 0 bridgehead atoms. The van der Waals surface area contributed by atoms with E-state index < -0.39 is 24.1 Å². The standard InChI is InChI=1S/C28H23N3O5/c1-35-19-7-5-6-18(14-19)30-26(32)23-15-21-20-8-3-4-9-22(20)29-24(21)25(31(23)28(30)34)16-10-12-17(13-11-16)27(33)36-2/h3-14,23,25,29H,15H2,1-2H3/t23-,25?/m1/s1. The number of carbonyl (C=O) groups excluding carboxylic acids is 3. The summed E-state index contributed by atoms with van der Waals surface area (Å²) in [7, 11) is 2.88. The smallest absolute Gasteiger partial charge is 0.337 e. The monoisotopic (exact) mass is 481 g/mol. The van der Waals surface area contributed by atoms with Crippen LogP contribution in [0.3, 0.4) is 0 Å². The fraction of sp³-hybridized carbons (Fsp3) is 0.179. The van der Waals surface area contributed by atoms with Gasteiger partial charge in [0, 0.05) is 29.1 Å². The number of nitrogens with zero attached hydrogens (tertiary/aromatic N) is 2. The highest BCUT2D eigenvalue weighted by Gasteiger charge is 2.53. The van der Waals surface area contributed by atoms with Crippen molar-refractivity contribution in [3.05, 3.63) is 95.2 Å². The molecule has 3 aromatic carbocycles. The second-order valence-corrected chi connectivity index (χ2v) is 8.86. The summed E-state index contributed by atoms with van der Waals surface area (Å²) < 4.78 is 10.1. The molecule has 1 fully saturated rings. The van der Waals surface area contributed by atoms with Crippen LogP contribution in [-0.4, -0.2) is 48.1 Å². The zero-order valence-electron chi connectivity index (χ0n) is 19.7. The van der Waals surface area contributed by atoms with E-state index in [1.165, 1.54) is 12.0 Å². The Bertz CT molecular complexity index is 1520. The van der Waals surface area contributed by atoms with E-state index in [1.807, 2.05) is 24.3 Å². The van der Waals surface area contributed by atoms with Crippen molar-refractivity contribution in [3.8, 4) is 5.75 Å². The highest BCUT2D eigenvalue weighted by molar-refractivity contribution is 6.22. The minimum atomic E-state index is -0.666. The number of rotatable bonds is 4. The van der Waals surface area contributed by atoms with E-state index in [-0.39, 0.29) is 5.91 Å². The lowest BCUT2D eigenvalue weighted by Crippen LogP contribution is -2.44. The lowest BCUT2D eigenvalue weighted by molar-refractivity contribution is -0.120. The number of urea groups is 1. The number of nitrogens with one attached hydrogen (secondary N) is 1. The Balaban J connectivity index is 1.50. The predicted molar refractivity (Wildman–Crippen MR) is 133 cm³/mol. The Morgan fingerprint density at radius 1 is 0.972 bits per heavy atom. The van der Waals surface area contributed by atoms with Crippen molar-refractivity contribution in [1.82, 2.24) is 9.88 Å². The number of esters is 1. The van der Waals surface area contributed by atoms with Gasteiger partial charge in [-0.2, -0.15) is 0 Å². The Hall–Kier alpha value is -4.59. The zero-order valence-corrected chi connectivity index (χ0v) is 19.7. The van der Waals surface area contributed by atoms with Gasteiger partial charge in [0.1, 0.15) is 17.8 Å². The number of benzene rings is 3. The Morgan fingerprint density at radius 2 is 1.75 bits per heavy atom. The average molecular weight is 482 g/mol. The van der Waals surface area contributed by atoms with Gasteiger partial charge in [-0.05, 0) is 41.5 Å². The topological polar surface area (TPSA) is 91.9 Å². The molecule has 180 valence electrons. The first-order chi connectivity index (χ1) is 17.5. The molecule has 36 heavy (non-hydrogen) atoms. The fourth-order valence-corrected chi connectivity index (χ4v) is 5.33. The number of aromatic nitrogens is 1. The maximum absolute atomic E-state index is 13.9. The second kappa shape index (κ2) is 8.27. The number of imide groups is 1. The summed E-state index contributed by atoms with van der Waals surface area (Å²) in [4.78, 5) is 46.0. The number of hydrogen-bond donors (Lipinski definition) is 1. The molecule has 1 aromatic heterocycles. The zero-order chi connectivity index (χ0) is 25.0. The number of amides is 3. The first-order valence-electron chi connectivity index (χ1n) is 11.6. The summed E-state index contributed by atoms with van der Waals surface area (Å²) >= 11 is 0. The lowest BCUT2D eigenvalue weighted by Gasteiger charge is -2.36. The molecule has 2 atom stereocenters. The Kier molecular flexibility index (Phi) is 5.03. The molecule has 2 aliphatic heterocycles. The van der Waals surface area contributed by atoms with Crippen molar-refractivity contribution in [3.63, 3.8) is 0 Å². The van der Waals surface area contributed by atoms with Gasteiger partial charge in [-0.25, -0.2) is 14.5 Å². The van der Waals surface area contributed by atoms with Crippen LogP contribution >= 0.6 is 0 Å². The summed E-state index contributed by atoms with van der Waals surface area (Å²) in [6, 6.07) is 20.2. The van der Waals surface area contributed by atoms with Crippen molar-refractivity contribution in [2.24, 2.45) is 0 Å². The van der Waals surface area contributed by atoms with E-state index in [4.69, 9.17) is 9.47 Å². The molecular formula is C28H23N3O5. The van der Waals surface area contributed by atoms with Gasteiger partial charge in [0.15, 0.2) is 0 Å². The minimum absolute atomic E-state index is 0.277. The van der Waals surface area contributed by atoms with Crippen molar-refractivity contribution in [1.29, 1.82) is 0 Å². The number of methoxy groups -OCH3 is 2. The van der Waals surface area contributed by atoms with Crippen molar-refractivity contribution < 1.29 is 23.9 Å². The van der Waals surface area contributed by atoms with Gasteiger partial charge >= 0.3 is 12.0 Å². The molecule has 3 amide bonds. The Labute approximate surface area is 207 Å². The first-order valence-corrected chi connectivity index (χ1v) is 11.6. The molecule has 1 saturated heterocycles. The quantitative estimate of drug-likeness (QED) is 0.344. The van der Waals surface area contributed by atoms with Gasteiger partial charge in [0.2, 0.25) is 0 Å². The molecule has 4 aromatic rings. The summed E-state index contributed by atoms with van der Waals surface area (Å²) in [6.45, 7) is 0. The third-order valence-electron chi connectivity index (χ3n) is 7.01. The third kappa shape index (κ3) is 3.18. The van der Waals surface area contributed by atoms with Crippen LogP contribution in [0.2, 0.25) is 0 Å². The van der Waals surface area contributed by atoms with Crippen LogP contribution in [0.4, 0.5) is 10.5 Å².